The topological polar surface area (TPSA) is 61.2 Å². The minimum absolute atomic E-state index is 0.241. The van der Waals surface area contributed by atoms with Crippen LogP contribution in [-0.4, -0.2) is 47.1 Å². The molecule has 33 heavy (non-hydrogen) atoms. The Labute approximate surface area is 193 Å². The number of anilines is 1. The third-order valence-electron chi connectivity index (χ3n) is 5.82. The van der Waals surface area contributed by atoms with Crippen molar-refractivity contribution in [3.63, 3.8) is 0 Å². The molecule has 1 aromatic heterocycles. The number of rotatable bonds is 5. The number of halogens is 1. The minimum Gasteiger partial charge on any atom is -0.439 e. The zero-order chi connectivity index (χ0) is 23.4. The highest BCUT2D eigenvalue weighted by atomic mass is 19.1. The predicted octanol–water partition coefficient (Wildman–Crippen LogP) is 5.40. The Balaban J connectivity index is 1.41. The summed E-state index contributed by atoms with van der Waals surface area (Å²) in [7, 11) is 0. The molecule has 1 N–H and O–H groups in total. The summed E-state index contributed by atoms with van der Waals surface area (Å²) in [5, 5.41) is 13.2. The summed E-state index contributed by atoms with van der Waals surface area (Å²) in [6.45, 7) is 9.19. The van der Waals surface area contributed by atoms with Crippen LogP contribution in [0.1, 0.15) is 36.5 Å². The number of hydrogen-bond acceptors (Lipinski definition) is 5. The lowest BCUT2D eigenvalue weighted by Gasteiger charge is -2.37. The van der Waals surface area contributed by atoms with Crippen LogP contribution in [0.25, 0.3) is 0 Å². The van der Waals surface area contributed by atoms with Crippen molar-refractivity contribution in [2.24, 2.45) is 5.16 Å². The number of nitrogens with zero attached hydrogens (tertiary/aromatic N) is 4. The first-order chi connectivity index (χ1) is 15.9. The number of amidine groups is 1. The van der Waals surface area contributed by atoms with Crippen LogP contribution in [0.4, 0.5) is 10.1 Å². The van der Waals surface area contributed by atoms with Crippen LogP contribution in [0.2, 0.25) is 0 Å². The largest absolute Gasteiger partial charge is 0.439 e. The molecule has 2 heterocycles. The summed E-state index contributed by atoms with van der Waals surface area (Å²) in [4.78, 5) is 8.63. The summed E-state index contributed by atoms with van der Waals surface area (Å²) in [5.41, 5.74) is 4.06. The van der Waals surface area contributed by atoms with Gasteiger partial charge in [0.2, 0.25) is 5.88 Å². The maximum Gasteiger partial charge on any atom is 0.219 e. The number of pyridine rings is 1. The number of aromatic nitrogens is 1. The second kappa shape index (κ2) is 9.90. The maximum absolute atomic E-state index is 13.2. The fraction of sp³-hybridized carbons (Fsp3) is 0.308. The van der Waals surface area contributed by atoms with Crippen LogP contribution >= 0.6 is 0 Å². The number of aryl methyl sites for hydroxylation is 1. The fourth-order valence-electron chi connectivity index (χ4n) is 3.99. The van der Waals surface area contributed by atoms with E-state index in [9.17, 15) is 9.60 Å². The van der Waals surface area contributed by atoms with Crippen molar-refractivity contribution < 1.29 is 14.3 Å². The van der Waals surface area contributed by atoms with Crippen LogP contribution in [0.3, 0.4) is 0 Å². The molecule has 1 aliphatic rings. The molecule has 0 amide bonds. The molecular weight excluding hydrogens is 419 g/mol. The molecule has 172 valence electrons. The number of ether oxygens (including phenoxy) is 1. The lowest BCUT2D eigenvalue weighted by Crippen LogP contribution is -2.49. The van der Waals surface area contributed by atoms with Gasteiger partial charge in [-0.1, -0.05) is 25.1 Å². The Hall–Kier alpha value is -3.61. The number of benzene rings is 2. The molecule has 1 aliphatic heterocycles. The van der Waals surface area contributed by atoms with Gasteiger partial charge in [0.1, 0.15) is 11.6 Å². The average Bonchev–Trinajstić information content (AvgIpc) is 2.81. The molecule has 0 radical (unpaired) electrons. The van der Waals surface area contributed by atoms with Gasteiger partial charge >= 0.3 is 0 Å². The Kier molecular flexibility index (Phi) is 6.77. The third-order valence-corrected chi connectivity index (χ3v) is 5.82. The number of oxime groups is 1. The van der Waals surface area contributed by atoms with Crippen molar-refractivity contribution in [3.05, 3.63) is 83.3 Å². The summed E-state index contributed by atoms with van der Waals surface area (Å²) >= 11 is 0. The van der Waals surface area contributed by atoms with Gasteiger partial charge in [-0.2, -0.15) is 0 Å². The zero-order valence-electron chi connectivity index (χ0n) is 19.2. The molecule has 0 saturated carbocycles. The fourth-order valence-corrected chi connectivity index (χ4v) is 3.99. The van der Waals surface area contributed by atoms with Crippen molar-refractivity contribution in [2.75, 3.05) is 31.1 Å². The van der Waals surface area contributed by atoms with Gasteiger partial charge in [-0.05, 0) is 66.4 Å². The molecule has 0 unspecified atom stereocenters. The van der Waals surface area contributed by atoms with Gasteiger partial charge in [0.15, 0.2) is 5.84 Å². The second-order valence-corrected chi connectivity index (χ2v) is 8.60. The van der Waals surface area contributed by atoms with E-state index in [2.05, 4.69) is 41.9 Å². The van der Waals surface area contributed by atoms with E-state index in [4.69, 9.17) is 4.74 Å². The Morgan fingerprint density at radius 1 is 1.03 bits per heavy atom. The predicted molar refractivity (Wildman–Crippen MR) is 128 cm³/mol. The van der Waals surface area contributed by atoms with E-state index < -0.39 is 0 Å². The van der Waals surface area contributed by atoms with Crippen molar-refractivity contribution in [1.82, 2.24) is 9.88 Å². The smallest absolute Gasteiger partial charge is 0.219 e. The molecular formula is C26H29FN4O2. The molecule has 0 aliphatic carbocycles. The van der Waals surface area contributed by atoms with E-state index >= 15 is 0 Å². The highest BCUT2D eigenvalue weighted by Gasteiger charge is 2.22. The van der Waals surface area contributed by atoms with Crippen LogP contribution in [0.5, 0.6) is 11.6 Å². The van der Waals surface area contributed by atoms with E-state index in [1.54, 1.807) is 24.4 Å². The van der Waals surface area contributed by atoms with Crippen molar-refractivity contribution in [1.29, 1.82) is 0 Å². The third kappa shape index (κ3) is 5.42. The van der Waals surface area contributed by atoms with Gasteiger partial charge < -0.3 is 19.7 Å². The molecule has 6 nitrogen and oxygen atoms in total. The van der Waals surface area contributed by atoms with Crippen molar-refractivity contribution >= 4 is 11.5 Å². The van der Waals surface area contributed by atoms with E-state index in [0.717, 1.165) is 30.1 Å². The normalized spacial score (nSPS) is 14.6. The van der Waals surface area contributed by atoms with E-state index in [-0.39, 0.29) is 5.82 Å². The second-order valence-electron chi connectivity index (χ2n) is 8.60. The van der Waals surface area contributed by atoms with Gasteiger partial charge in [0, 0.05) is 49.7 Å². The quantitative estimate of drug-likeness (QED) is 0.245. The van der Waals surface area contributed by atoms with Crippen LogP contribution in [0.15, 0.2) is 65.9 Å². The molecule has 3 aromatic rings. The molecule has 2 aromatic carbocycles. The molecule has 0 atom stereocenters. The summed E-state index contributed by atoms with van der Waals surface area (Å²) in [6, 6.07) is 16.3. The minimum atomic E-state index is -0.241. The lowest BCUT2D eigenvalue weighted by molar-refractivity contribution is 0.296. The van der Waals surface area contributed by atoms with E-state index in [1.165, 1.54) is 17.7 Å². The monoisotopic (exact) mass is 448 g/mol. The van der Waals surface area contributed by atoms with Crippen molar-refractivity contribution in [2.45, 2.75) is 26.7 Å². The first-order valence-electron chi connectivity index (χ1n) is 11.2. The molecule has 0 bridgehead atoms. The van der Waals surface area contributed by atoms with Crippen LogP contribution in [0, 0.1) is 12.7 Å². The summed E-state index contributed by atoms with van der Waals surface area (Å²) in [5.74, 6) is 1.89. The molecule has 0 spiro atoms. The van der Waals surface area contributed by atoms with Gasteiger partial charge in [0.25, 0.3) is 0 Å². The zero-order valence-corrected chi connectivity index (χ0v) is 19.2. The first kappa shape index (κ1) is 22.6. The maximum atomic E-state index is 13.2. The van der Waals surface area contributed by atoms with Crippen LogP contribution in [-0.2, 0) is 0 Å². The Morgan fingerprint density at radius 2 is 1.76 bits per heavy atom. The molecule has 4 rings (SSSR count). The van der Waals surface area contributed by atoms with Gasteiger partial charge in [-0.25, -0.2) is 9.37 Å². The highest BCUT2D eigenvalue weighted by molar-refractivity contribution is 5.98. The highest BCUT2D eigenvalue weighted by Crippen LogP contribution is 2.26. The molecule has 7 heteroatoms. The number of piperazine rings is 1. The molecule has 1 saturated heterocycles. The molecule has 1 fully saturated rings. The Morgan fingerprint density at radius 3 is 2.36 bits per heavy atom. The SMILES string of the molecule is Cc1cc(Oc2ccc(/C(=N/O)N3CCN(c4ccc(F)cc4)CC3)cn2)cc(C(C)C)c1. The van der Waals surface area contributed by atoms with Crippen LogP contribution < -0.4 is 9.64 Å². The summed E-state index contributed by atoms with van der Waals surface area (Å²) < 4.78 is 19.2. The Bertz CT molecular complexity index is 1110. The summed E-state index contributed by atoms with van der Waals surface area (Å²) in [6.07, 6.45) is 1.66. The first-order valence-corrected chi connectivity index (χ1v) is 11.2. The lowest BCUT2D eigenvalue weighted by atomic mass is 10.0. The van der Waals surface area contributed by atoms with E-state index in [1.807, 2.05) is 23.1 Å². The van der Waals surface area contributed by atoms with Gasteiger partial charge in [0.05, 0.1) is 0 Å². The number of hydrogen-bond donors (Lipinski definition) is 1. The van der Waals surface area contributed by atoms with Crippen molar-refractivity contribution in [3.8, 4) is 11.6 Å². The van der Waals surface area contributed by atoms with Gasteiger partial charge in [-0.3, -0.25) is 0 Å². The standard InChI is InChI=1S/C26H29FN4O2/c1-18(2)21-14-19(3)15-24(16-21)33-25-9-4-20(17-28-25)26(29-32)31-12-10-30(11-13-31)23-7-5-22(27)6-8-23/h4-9,14-18,32H,10-13H2,1-3H3/b29-26-. The van der Waals surface area contributed by atoms with Gasteiger partial charge in [-0.15, -0.1) is 0 Å². The van der Waals surface area contributed by atoms with E-state index in [0.29, 0.717) is 36.3 Å². The average molecular weight is 449 g/mol.